The topological polar surface area (TPSA) is 59.7 Å². The SMILES string of the molecule is COc1ccc(Cc2c(O)cc(C)oc2=O)cc1. The van der Waals surface area contributed by atoms with E-state index in [9.17, 15) is 9.90 Å². The molecule has 0 aliphatic carbocycles. The van der Waals surface area contributed by atoms with E-state index in [0.29, 0.717) is 12.2 Å². The van der Waals surface area contributed by atoms with Crippen molar-refractivity contribution < 1.29 is 14.3 Å². The van der Waals surface area contributed by atoms with Gasteiger partial charge in [0.1, 0.15) is 17.3 Å². The number of rotatable bonds is 3. The summed E-state index contributed by atoms with van der Waals surface area (Å²) in [6.07, 6.45) is 0.332. The minimum atomic E-state index is -0.497. The van der Waals surface area contributed by atoms with E-state index in [0.717, 1.165) is 11.3 Å². The molecule has 0 spiro atoms. The average Bonchev–Trinajstić information content (AvgIpc) is 2.34. The molecule has 2 aromatic rings. The van der Waals surface area contributed by atoms with Crippen molar-refractivity contribution in [2.24, 2.45) is 0 Å². The fourth-order valence-corrected chi connectivity index (χ4v) is 1.73. The molecule has 4 heteroatoms. The van der Waals surface area contributed by atoms with E-state index in [-0.39, 0.29) is 11.3 Å². The summed E-state index contributed by atoms with van der Waals surface area (Å²) in [5.41, 5.74) is 0.677. The predicted octanol–water partition coefficient (Wildman–Crippen LogP) is 2.25. The van der Waals surface area contributed by atoms with Gasteiger partial charge in [-0.15, -0.1) is 0 Å². The van der Waals surface area contributed by atoms with Crippen molar-refractivity contribution in [1.29, 1.82) is 0 Å². The van der Waals surface area contributed by atoms with Gasteiger partial charge in [-0.3, -0.25) is 0 Å². The molecule has 1 aromatic heterocycles. The highest BCUT2D eigenvalue weighted by molar-refractivity contribution is 5.36. The molecule has 4 nitrogen and oxygen atoms in total. The number of benzene rings is 1. The number of aromatic hydroxyl groups is 1. The molecule has 0 amide bonds. The fraction of sp³-hybridized carbons (Fsp3) is 0.214. The van der Waals surface area contributed by atoms with Crippen LogP contribution in [0.15, 0.2) is 39.5 Å². The first-order valence-electron chi connectivity index (χ1n) is 5.55. The van der Waals surface area contributed by atoms with E-state index in [1.54, 1.807) is 14.0 Å². The van der Waals surface area contributed by atoms with E-state index in [4.69, 9.17) is 9.15 Å². The molecule has 2 rings (SSSR count). The lowest BCUT2D eigenvalue weighted by atomic mass is 10.1. The van der Waals surface area contributed by atoms with Crippen molar-refractivity contribution in [3.8, 4) is 11.5 Å². The first-order chi connectivity index (χ1) is 8.60. The molecule has 0 saturated carbocycles. The monoisotopic (exact) mass is 246 g/mol. The van der Waals surface area contributed by atoms with E-state index < -0.39 is 5.63 Å². The van der Waals surface area contributed by atoms with Crippen molar-refractivity contribution in [2.45, 2.75) is 13.3 Å². The summed E-state index contributed by atoms with van der Waals surface area (Å²) in [5.74, 6) is 1.12. The van der Waals surface area contributed by atoms with Crippen molar-refractivity contribution in [3.05, 3.63) is 57.6 Å². The Balaban J connectivity index is 2.31. The number of ether oxygens (including phenoxy) is 1. The van der Waals surface area contributed by atoms with Gasteiger partial charge >= 0.3 is 5.63 Å². The number of hydrogen-bond acceptors (Lipinski definition) is 4. The summed E-state index contributed by atoms with van der Waals surface area (Å²) in [4.78, 5) is 11.6. The number of methoxy groups -OCH3 is 1. The molecule has 0 aliphatic rings. The summed E-state index contributed by atoms with van der Waals surface area (Å²) >= 11 is 0. The largest absolute Gasteiger partial charge is 0.507 e. The zero-order valence-corrected chi connectivity index (χ0v) is 10.3. The highest BCUT2D eigenvalue weighted by Crippen LogP contribution is 2.19. The van der Waals surface area contributed by atoms with Crippen LogP contribution in [0.1, 0.15) is 16.9 Å². The summed E-state index contributed by atoms with van der Waals surface area (Å²) < 4.78 is 10.0. The van der Waals surface area contributed by atoms with Crippen LogP contribution in [0.3, 0.4) is 0 Å². The van der Waals surface area contributed by atoms with Gasteiger partial charge in [-0.05, 0) is 24.6 Å². The van der Waals surface area contributed by atoms with Crippen LogP contribution in [0.4, 0.5) is 0 Å². The zero-order valence-electron chi connectivity index (χ0n) is 10.3. The summed E-state index contributed by atoms with van der Waals surface area (Å²) in [6, 6.07) is 8.75. The lowest BCUT2D eigenvalue weighted by Gasteiger charge is -2.05. The van der Waals surface area contributed by atoms with Gasteiger partial charge in [0.2, 0.25) is 0 Å². The predicted molar refractivity (Wildman–Crippen MR) is 67.2 cm³/mol. The van der Waals surface area contributed by atoms with Crippen molar-refractivity contribution in [1.82, 2.24) is 0 Å². The van der Waals surface area contributed by atoms with E-state index in [1.165, 1.54) is 6.07 Å². The Bertz CT molecular complexity index is 596. The van der Waals surface area contributed by atoms with Crippen LogP contribution in [0.5, 0.6) is 11.5 Å². The normalized spacial score (nSPS) is 10.3. The number of hydrogen-bond donors (Lipinski definition) is 1. The van der Waals surface area contributed by atoms with Crippen molar-refractivity contribution in [2.75, 3.05) is 7.11 Å². The Morgan fingerprint density at radius 1 is 1.28 bits per heavy atom. The first-order valence-corrected chi connectivity index (χ1v) is 5.55. The first kappa shape index (κ1) is 12.2. The third-order valence-electron chi connectivity index (χ3n) is 2.69. The van der Waals surface area contributed by atoms with Crippen molar-refractivity contribution >= 4 is 0 Å². The molecule has 0 aliphatic heterocycles. The summed E-state index contributed by atoms with van der Waals surface area (Å²) in [5, 5.41) is 9.75. The molecular formula is C14H14O4. The van der Waals surface area contributed by atoms with Crippen LogP contribution in [0, 0.1) is 6.92 Å². The Morgan fingerprint density at radius 2 is 1.94 bits per heavy atom. The van der Waals surface area contributed by atoms with E-state index in [2.05, 4.69) is 0 Å². The molecule has 1 aromatic carbocycles. The summed E-state index contributed by atoms with van der Waals surface area (Å²) in [7, 11) is 1.59. The highest BCUT2D eigenvalue weighted by Gasteiger charge is 2.10. The minimum Gasteiger partial charge on any atom is -0.507 e. The van der Waals surface area contributed by atoms with Crippen LogP contribution >= 0.6 is 0 Å². The number of aryl methyl sites for hydroxylation is 1. The van der Waals surface area contributed by atoms with Crippen LogP contribution < -0.4 is 10.4 Å². The van der Waals surface area contributed by atoms with Gasteiger partial charge in [0.15, 0.2) is 0 Å². The highest BCUT2D eigenvalue weighted by atomic mass is 16.5. The maximum atomic E-state index is 11.6. The molecule has 0 unspecified atom stereocenters. The molecule has 94 valence electrons. The second-order valence-electron chi connectivity index (χ2n) is 4.03. The third-order valence-corrected chi connectivity index (χ3v) is 2.69. The molecule has 0 atom stereocenters. The summed E-state index contributed by atoms with van der Waals surface area (Å²) in [6.45, 7) is 1.62. The standard InChI is InChI=1S/C14H14O4/c1-9-7-13(15)12(14(16)18-9)8-10-3-5-11(17-2)6-4-10/h3-7,15H,8H2,1-2H3. The van der Waals surface area contributed by atoms with Gasteiger partial charge in [0.25, 0.3) is 0 Å². The molecule has 0 saturated heterocycles. The van der Waals surface area contributed by atoms with Gasteiger partial charge in [-0.2, -0.15) is 0 Å². The minimum absolute atomic E-state index is 0.0282. The molecule has 0 radical (unpaired) electrons. The Kier molecular flexibility index (Phi) is 3.37. The van der Waals surface area contributed by atoms with Crippen LogP contribution in [0.2, 0.25) is 0 Å². The van der Waals surface area contributed by atoms with E-state index >= 15 is 0 Å². The van der Waals surface area contributed by atoms with Crippen molar-refractivity contribution in [3.63, 3.8) is 0 Å². The van der Waals surface area contributed by atoms with Crippen LogP contribution in [0.25, 0.3) is 0 Å². The molecule has 18 heavy (non-hydrogen) atoms. The smallest absolute Gasteiger partial charge is 0.343 e. The lowest BCUT2D eigenvalue weighted by molar-refractivity contribution is 0.414. The average molecular weight is 246 g/mol. The maximum absolute atomic E-state index is 11.6. The Morgan fingerprint density at radius 3 is 2.50 bits per heavy atom. The van der Waals surface area contributed by atoms with Crippen LogP contribution in [-0.2, 0) is 6.42 Å². The maximum Gasteiger partial charge on any atom is 0.343 e. The molecular weight excluding hydrogens is 232 g/mol. The van der Waals surface area contributed by atoms with Gasteiger partial charge in [0.05, 0.1) is 12.7 Å². The van der Waals surface area contributed by atoms with Gasteiger partial charge in [0, 0.05) is 12.5 Å². The Hall–Kier alpha value is -2.23. The molecule has 0 bridgehead atoms. The second-order valence-corrected chi connectivity index (χ2v) is 4.03. The Labute approximate surface area is 104 Å². The van der Waals surface area contributed by atoms with E-state index in [1.807, 2.05) is 24.3 Å². The second kappa shape index (κ2) is 4.96. The third kappa shape index (κ3) is 2.53. The van der Waals surface area contributed by atoms with Gasteiger partial charge in [-0.25, -0.2) is 4.79 Å². The molecule has 0 fully saturated rings. The molecule has 1 heterocycles. The fourth-order valence-electron chi connectivity index (χ4n) is 1.73. The van der Waals surface area contributed by atoms with Gasteiger partial charge in [-0.1, -0.05) is 12.1 Å². The van der Waals surface area contributed by atoms with Crippen LogP contribution in [-0.4, -0.2) is 12.2 Å². The zero-order chi connectivity index (χ0) is 13.1. The quantitative estimate of drug-likeness (QED) is 0.902. The molecule has 1 N–H and O–H groups in total. The van der Waals surface area contributed by atoms with Gasteiger partial charge < -0.3 is 14.3 Å². The lowest BCUT2D eigenvalue weighted by Crippen LogP contribution is -2.08.